The highest BCUT2D eigenvalue weighted by atomic mass is 16.1. The van der Waals surface area contributed by atoms with E-state index in [1.165, 1.54) is 0 Å². The van der Waals surface area contributed by atoms with Crippen LogP contribution in [0.5, 0.6) is 0 Å². The normalized spacial score (nSPS) is 12.9. The highest BCUT2D eigenvalue weighted by Crippen LogP contribution is 2.00. The maximum absolute atomic E-state index is 11.4. The Morgan fingerprint density at radius 2 is 2.50 bits per heavy atom. The predicted molar refractivity (Wildman–Crippen MR) is 45.9 cm³/mol. The molecule has 66 valence electrons. The molecule has 0 radical (unpaired) electrons. The Kier molecular flexibility index (Phi) is 2.60. The van der Waals surface area contributed by atoms with Crippen LogP contribution >= 0.6 is 0 Å². The van der Waals surface area contributed by atoms with Gasteiger partial charge in [0.15, 0.2) is 5.82 Å². The third kappa shape index (κ3) is 1.53. The molecule has 0 saturated carbocycles. The van der Waals surface area contributed by atoms with E-state index in [1.54, 1.807) is 23.9 Å². The van der Waals surface area contributed by atoms with Crippen molar-refractivity contribution in [1.29, 1.82) is 0 Å². The molecule has 0 fully saturated rings. The van der Waals surface area contributed by atoms with Crippen molar-refractivity contribution in [3.63, 3.8) is 0 Å². The van der Waals surface area contributed by atoms with Crippen LogP contribution in [0.1, 0.15) is 24.5 Å². The molecule has 1 heterocycles. The Bertz CT molecular complexity index is 278. The summed E-state index contributed by atoms with van der Waals surface area (Å²) in [4.78, 5) is 15.3. The number of hydrogen-bond acceptors (Lipinski definition) is 3. The number of aryl methyl sites for hydroxylation is 1. The minimum atomic E-state index is -0.474. The van der Waals surface area contributed by atoms with E-state index in [0.29, 0.717) is 5.82 Å². The van der Waals surface area contributed by atoms with Crippen molar-refractivity contribution in [2.45, 2.75) is 26.4 Å². The second-order valence-electron chi connectivity index (χ2n) is 2.69. The highest BCUT2D eigenvalue weighted by Gasteiger charge is 2.15. The zero-order valence-electron chi connectivity index (χ0n) is 7.32. The number of nitrogens with two attached hydrogens (primary N) is 1. The summed E-state index contributed by atoms with van der Waals surface area (Å²) < 4.78 is 1.78. The molecule has 0 saturated heterocycles. The van der Waals surface area contributed by atoms with Crippen LogP contribution in [0.3, 0.4) is 0 Å². The van der Waals surface area contributed by atoms with Crippen molar-refractivity contribution in [2.24, 2.45) is 5.73 Å². The molecular formula is C8H13N3O. The molecule has 0 bridgehead atoms. The van der Waals surface area contributed by atoms with Gasteiger partial charge in [0.05, 0.1) is 6.04 Å². The summed E-state index contributed by atoms with van der Waals surface area (Å²) in [5.74, 6) is 0.342. The average molecular weight is 167 g/mol. The van der Waals surface area contributed by atoms with E-state index in [0.717, 1.165) is 6.54 Å². The van der Waals surface area contributed by atoms with Crippen LogP contribution in [-0.2, 0) is 6.54 Å². The topological polar surface area (TPSA) is 60.9 Å². The Morgan fingerprint density at radius 3 is 3.00 bits per heavy atom. The fourth-order valence-corrected chi connectivity index (χ4v) is 0.993. The Labute approximate surface area is 71.4 Å². The van der Waals surface area contributed by atoms with Gasteiger partial charge in [-0.05, 0) is 13.8 Å². The molecule has 1 atom stereocenters. The van der Waals surface area contributed by atoms with Crippen LogP contribution < -0.4 is 5.73 Å². The number of rotatable bonds is 3. The van der Waals surface area contributed by atoms with Crippen LogP contribution in [-0.4, -0.2) is 21.4 Å². The van der Waals surface area contributed by atoms with Crippen LogP contribution in [0.4, 0.5) is 0 Å². The zero-order chi connectivity index (χ0) is 9.14. The maximum atomic E-state index is 11.4. The predicted octanol–water partition coefficient (Wildman–Crippen LogP) is 0.433. The molecule has 0 amide bonds. The molecule has 4 nitrogen and oxygen atoms in total. The molecule has 0 spiro atoms. The van der Waals surface area contributed by atoms with Gasteiger partial charge in [-0.15, -0.1) is 0 Å². The lowest BCUT2D eigenvalue weighted by atomic mass is 10.2. The smallest absolute Gasteiger partial charge is 0.214 e. The molecule has 1 unspecified atom stereocenters. The molecule has 1 aromatic heterocycles. The number of hydrogen-bond donors (Lipinski definition) is 1. The summed E-state index contributed by atoms with van der Waals surface area (Å²) in [5, 5.41) is 0. The SMILES string of the molecule is CCn1ccnc1C(=O)C(C)N. The summed E-state index contributed by atoms with van der Waals surface area (Å²) >= 11 is 0. The summed E-state index contributed by atoms with van der Waals surface area (Å²) in [6.07, 6.45) is 3.38. The van der Waals surface area contributed by atoms with Crippen molar-refractivity contribution in [2.75, 3.05) is 0 Å². The first-order valence-corrected chi connectivity index (χ1v) is 3.97. The van der Waals surface area contributed by atoms with E-state index in [4.69, 9.17) is 5.73 Å². The van der Waals surface area contributed by atoms with Gasteiger partial charge in [-0.3, -0.25) is 4.79 Å². The van der Waals surface area contributed by atoms with Crippen LogP contribution in [0.15, 0.2) is 12.4 Å². The molecule has 0 aromatic carbocycles. The van der Waals surface area contributed by atoms with Crippen LogP contribution in [0.2, 0.25) is 0 Å². The molecule has 1 aromatic rings. The van der Waals surface area contributed by atoms with Crippen molar-refractivity contribution in [1.82, 2.24) is 9.55 Å². The fourth-order valence-electron chi connectivity index (χ4n) is 0.993. The third-order valence-corrected chi connectivity index (χ3v) is 1.69. The number of Topliss-reactive ketones (excluding diaryl/α,β-unsaturated/α-hetero) is 1. The summed E-state index contributed by atoms with van der Waals surface area (Å²) in [5.41, 5.74) is 5.45. The van der Waals surface area contributed by atoms with Gasteiger partial charge in [-0.25, -0.2) is 4.98 Å². The lowest BCUT2D eigenvalue weighted by molar-refractivity contribution is 0.0953. The first kappa shape index (κ1) is 8.93. The Morgan fingerprint density at radius 1 is 1.83 bits per heavy atom. The average Bonchev–Trinajstić information content (AvgIpc) is 2.49. The van der Waals surface area contributed by atoms with Crippen molar-refractivity contribution in [3.05, 3.63) is 18.2 Å². The van der Waals surface area contributed by atoms with Gasteiger partial charge in [0.2, 0.25) is 5.78 Å². The lowest BCUT2D eigenvalue weighted by Gasteiger charge is -2.05. The number of carbonyl (C=O) groups is 1. The monoisotopic (exact) mass is 167 g/mol. The molecular weight excluding hydrogens is 154 g/mol. The molecule has 4 heteroatoms. The van der Waals surface area contributed by atoms with Crippen molar-refractivity contribution in [3.8, 4) is 0 Å². The maximum Gasteiger partial charge on any atom is 0.214 e. The second-order valence-corrected chi connectivity index (χ2v) is 2.69. The van der Waals surface area contributed by atoms with Gasteiger partial charge in [0, 0.05) is 18.9 Å². The van der Waals surface area contributed by atoms with Gasteiger partial charge >= 0.3 is 0 Å². The largest absolute Gasteiger partial charge is 0.329 e. The second kappa shape index (κ2) is 3.49. The molecule has 12 heavy (non-hydrogen) atoms. The van der Waals surface area contributed by atoms with Crippen LogP contribution in [0.25, 0.3) is 0 Å². The number of imidazole rings is 1. The van der Waals surface area contributed by atoms with Crippen LogP contribution in [0, 0.1) is 0 Å². The molecule has 1 rings (SSSR count). The summed E-state index contributed by atoms with van der Waals surface area (Å²) in [7, 11) is 0. The van der Waals surface area contributed by atoms with E-state index in [1.807, 2.05) is 6.92 Å². The zero-order valence-corrected chi connectivity index (χ0v) is 7.32. The number of carbonyl (C=O) groups excluding carboxylic acids is 1. The Balaban J connectivity index is 2.94. The van der Waals surface area contributed by atoms with E-state index >= 15 is 0 Å². The minimum absolute atomic E-state index is 0.109. The molecule has 2 N–H and O–H groups in total. The minimum Gasteiger partial charge on any atom is -0.329 e. The van der Waals surface area contributed by atoms with Gasteiger partial charge in [0.1, 0.15) is 0 Å². The highest BCUT2D eigenvalue weighted by molar-refractivity contribution is 5.96. The van der Waals surface area contributed by atoms with Gasteiger partial charge in [-0.2, -0.15) is 0 Å². The standard InChI is InChI=1S/C8H13N3O/c1-3-11-5-4-10-8(11)7(12)6(2)9/h4-6H,3,9H2,1-2H3. The summed E-state index contributed by atoms with van der Waals surface area (Å²) in [6, 6.07) is -0.474. The van der Waals surface area contributed by atoms with E-state index in [9.17, 15) is 4.79 Å². The lowest BCUT2D eigenvalue weighted by Crippen LogP contribution is -2.29. The van der Waals surface area contributed by atoms with Gasteiger partial charge < -0.3 is 10.3 Å². The number of ketones is 1. The fraction of sp³-hybridized carbons (Fsp3) is 0.500. The number of aromatic nitrogens is 2. The third-order valence-electron chi connectivity index (χ3n) is 1.69. The van der Waals surface area contributed by atoms with E-state index < -0.39 is 6.04 Å². The Hall–Kier alpha value is -1.16. The van der Waals surface area contributed by atoms with E-state index in [-0.39, 0.29) is 5.78 Å². The summed E-state index contributed by atoms with van der Waals surface area (Å²) in [6.45, 7) is 4.37. The van der Waals surface area contributed by atoms with Gasteiger partial charge in [-0.1, -0.05) is 0 Å². The molecule has 0 aliphatic heterocycles. The van der Waals surface area contributed by atoms with Crippen molar-refractivity contribution >= 4 is 5.78 Å². The first-order valence-electron chi connectivity index (χ1n) is 3.97. The molecule has 0 aliphatic carbocycles. The van der Waals surface area contributed by atoms with E-state index in [2.05, 4.69) is 4.98 Å². The van der Waals surface area contributed by atoms with Crippen molar-refractivity contribution < 1.29 is 4.79 Å². The molecule has 0 aliphatic rings. The van der Waals surface area contributed by atoms with Gasteiger partial charge in [0.25, 0.3) is 0 Å². The quantitative estimate of drug-likeness (QED) is 0.664. The number of nitrogens with zero attached hydrogens (tertiary/aromatic N) is 2. The first-order chi connectivity index (χ1) is 5.66.